The van der Waals surface area contributed by atoms with Crippen molar-refractivity contribution in [3.05, 3.63) is 59.2 Å². The van der Waals surface area contributed by atoms with Gasteiger partial charge in [0.05, 0.1) is 25.6 Å². The van der Waals surface area contributed by atoms with E-state index in [1.54, 1.807) is 37.1 Å². The molecule has 1 aliphatic rings. The summed E-state index contributed by atoms with van der Waals surface area (Å²) in [5.41, 5.74) is 2.64. The van der Waals surface area contributed by atoms with Gasteiger partial charge in [-0.05, 0) is 42.9 Å². The molecule has 8 heteroatoms. The van der Waals surface area contributed by atoms with Crippen LogP contribution in [0.1, 0.15) is 17.4 Å². The van der Waals surface area contributed by atoms with E-state index in [-0.39, 0.29) is 5.91 Å². The zero-order valence-electron chi connectivity index (χ0n) is 18.5. The molecule has 1 aliphatic heterocycles. The van der Waals surface area contributed by atoms with Crippen LogP contribution < -0.4 is 9.47 Å². The smallest absolute Gasteiger partial charge is 0.272 e. The molecule has 0 N–H and O–H groups in total. The number of aromatic nitrogens is 2. The Morgan fingerprint density at radius 1 is 1.03 bits per heavy atom. The summed E-state index contributed by atoms with van der Waals surface area (Å²) in [7, 11) is 3.21. The van der Waals surface area contributed by atoms with Gasteiger partial charge in [0, 0.05) is 42.8 Å². The Hall–Kier alpha value is -3.03. The third kappa shape index (κ3) is 4.45. The molecule has 7 nitrogen and oxygen atoms in total. The summed E-state index contributed by atoms with van der Waals surface area (Å²) < 4.78 is 12.5. The number of carbonyl (C=O) groups is 1. The zero-order valence-corrected chi connectivity index (χ0v) is 19.3. The summed E-state index contributed by atoms with van der Waals surface area (Å²) in [6.07, 6.45) is 0. The van der Waals surface area contributed by atoms with Crippen molar-refractivity contribution in [2.75, 3.05) is 46.9 Å². The van der Waals surface area contributed by atoms with Crippen LogP contribution in [-0.2, 0) is 0 Å². The molecule has 1 saturated heterocycles. The lowest BCUT2D eigenvalue weighted by Crippen LogP contribution is -2.48. The molecule has 4 rings (SSSR count). The minimum atomic E-state index is -0.0491. The number of hydrogen-bond acceptors (Lipinski definition) is 5. The van der Waals surface area contributed by atoms with Crippen molar-refractivity contribution in [1.29, 1.82) is 0 Å². The standard InChI is InChI=1S/C24H27ClN4O3/c1-4-27-10-12-28(13-11-27)24(30)22-16-21(20-9-8-19(31-2)15-23(20)32-3)26-29(22)18-7-5-6-17(25)14-18/h5-9,14-16H,4,10-13H2,1-3H3. The monoisotopic (exact) mass is 454 g/mol. The number of nitrogens with zero attached hydrogens (tertiary/aromatic N) is 4. The first-order valence-electron chi connectivity index (χ1n) is 10.6. The Morgan fingerprint density at radius 3 is 2.47 bits per heavy atom. The lowest BCUT2D eigenvalue weighted by molar-refractivity contribution is 0.0634. The molecule has 32 heavy (non-hydrogen) atoms. The molecule has 1 amide bonds. The predicted octanol–water partition coefficient (Wildman–Crippen LogP) is 3.99. The van der Waals surface area contributed by atoms with Crippen molar-refractivity contribution in [3.63, 3.8) is 0 Å². The molecular formula is C24H27ClN4O3. The lowest BCUT2D eigenvalue weighted by Gasteiger charge is -2.34. The summed E-state index contributed by atoms with van der Waals surface area (Å²) >= 11 is 6.24. The molecule has 0 atom stereocenters. The van der Waals surface area contributed by atoms with Crippen molar-refractivity contribution >= 4 is 17.5 Å². The summed E-state index contributed by atoms with van der Waals surface area (Å²) in [6, 6.07) is 14.7. The number of carbonyl (C=O) groups excluding carboxylic acids is 1. The maximum atomic E-state index is 13.5. The van der Waals surface area contributed by atoms with Crippen molar-refractivity contribution in [2.24, 2.45) is 0 Å². The first-order chi connectivity index (χ1) is 15.5. The Kier molecular flexibility index (Phi) is 6.67. The van der Waals surface area contributed by atoms with Gasteiger partial charge in [0.25, 0.3) is 5.91 Å². The van der Waals surface area contributed by atoms with Crippen LogP contribution in [0.2, 0.25) is 5.02 Å². The number of piperazine rings is 1. The van der Waals surface area contributed by atoms with Crippen LogP contribution in [0.5, 0.6) is 11.5 Å². The van der Waals surface area contributed by atoms with Crippen molar-refractivity contribution < 1.29 is 14.3 Å². The van der Waals surface area contributed by atoms with E-state index in [2.05, 4.69) is 11.8 Å². The molecule has 0 saturated carbocycles. The van der Waals surface area contributed by atoms with Gasteiger partial charge in [-0.25, -0.2) is 4.68 Å². The molecule has 0 spiro atoms. The van der Waals surface area contributed by atoms with Gasteiger partial charge in [-0.2, -0.15) is 5.10 Å². The van der Waals surface area contributed by atoms with Crippen LogP contribution in [0, 0.1) is 0 Å². The van der Waals surface area contributed by atoms with Gasteiger partial charge in [-0.3, -0.25) is 4.79 Å². The highest BCUT2D eigenvalue weighted by molar-refractivity contribution is 6.30. The Bertz CT molecular complexity index is 1110. The average molecular weight is 455 g/mol. The normalized spacial score (nSPS) is 14.4. The Labute approximate surface area is 193 Å². The first kappa shape index (κ1) is 22.2. The molecule has 1 fully saturated rings. The van der Waals surface area contributed by atoms with E-state index in [1.165, 1.54) is 0 Å². The number of amides is 1. The number of halogens is 1. The highest BCUT2D eigenvalue weighted by Gasteiger charge is 2.26. The Morgan fingerprint density at radius 2 is 1.81 bits per heavy atom. The van der Waals surface area contributed by atoms with Crippen molar-refractivity contribution in [1.82, 2.24) is 19.6 Å². The fraction of sp³-hybridized carbons (Fsp3) is 0.333. The lowest BCUT2D eigenvalue weighted by atomic mass is 10.1. The molecule has 0 radical (unpaired) electrons. The van der Waals surface area contributed by atoms with Crippen LogP contribution in [0.4, 0.5) is 0 Å². The largest absolute Gasteiger partial charge is 0.497 e. The quantitative estimate of drug-likeness (QED) is 0.563. The van der Waals surface area contributed by atoms with Crippen LogP contribution in [-0.4, -0.2) is 72.4 Å². The first-order valence-corrected chi connectivity index (χ1v) is 11.0. The fourth-order valence-electron chi connectivity index (χ4n) is 3.91. The van der Waals surface area contributed by atoms with E-state index in [0.717, 1.165) is 30.9 Å². The van der Waals surface area contributed by atoms with Gasteiger partial charge < -0.3 is 19.3 Å². The van der Waals surface area contributed by atoms with Gasteiger partial charge in [-0.15, -0.1) is 0 Å². The van der Waals surface area contributed by atoms with E-state index in [1.807, 2.05) is 35.2 Å². The van der Waals surface area contributed by atoms with Gasteiger partial charge >= 0.3 is 0 Å². The maximum Gasteiger partial charge on any atom is 0.272 e. The van der Waals surface area contributed by atoms with E-state index >= 15 is 0 Å². The van der Waals surface area contributed by atoms with Crippen LogP contribution in [0.3, 0.4) is 0 Å². The predicted molar refractivity (Wildman–Crippen MR) is 125 cm³/mol. The second kappa shape index (κ2) is 9.63. The summed E-state index contributed by atoms with van der Waals surface area (Å²) in [5, 5.41) is 5.36. The number of ether oxygens (including phenoxy) is 2. The molecular weight excluding hydrogens is 428 g/mol. The highest BCUT2D eigenvalue weighted by Crippen LogP contribution is 2.34. The van der Waals surface area contributed by atoms with Crippen molar-refractivity contribution in [2.45, 2.75) is 6.92 Å². The number of methoxy groups -OCH3 is 2. The number of hydrogen-bond donors (Lipinski definition) is 0. The van der Waals surface area contributed by atoms with E-state index < -0.39 is 0 Å². The third-order valence-electron chi connectivity index (χ3n) is 5.77. The topological polar surface area (TPSA) is 59.8 Å². The highest BCUT2D eigenvalue weighted by atomic mass is 35.5. The van der Waals surface area contributed by atoms with Crippen LogP contribution >= 0.6 is 11.6 Å². The van der Waals surface area contributed by atoms with E-state index in [9.17, 15) is 4.79 Å². The SMILES string of the molecule is CCN1CCN(C(=O)c2cc(-c3ccc(OC)cc3OC)nn2-c2cccc(Cl)c2)CC1. The molecule has 2 heterocycles. The number of likely N-dealkylation sites (N-methyl/N-ethyl adjacent to an activating group) is 1. The molecule has 1 aromatic heterocycles. The van der Waals surface area contributed by atoms with E-state index in [0.29, 0.717) is 41.0 Å². The van der Waals surface area contributed by atoms with Crippen LogP contribution in [0.15, 0.2) is 48.5 Å². The zero-order chi connectivity index (χ0) is 22.7. The fourth-order valence-corrected chi connectivity index (χ4v) is 4.09. The molecule has 0 unspecified atom stereocenters. The minimum absolute atomic E-state index is 0.0491. The molecule has 168 valence electrons. The Balaban J connectivity index is 1.77. The van der Waals surface area contributed by atoms with Gasteiger partial charge in [0.2, 0.25) is 0 Å². The summed E-state index contributed by atoms with van der Waals surface area (Å²) in [4.78, 5) is 17.8. The third-order valence-corrected chi connectivity index (χ3v) is 6.01. The summed E-state index contributed by atoms with van der Waals surface area (Å²) in [5.74, 6) is 1.26. The van der Waals surface area contributed by atoms with Crippen molar-refractivity contribution in [3.8, 4) is 28.4 Å². The number of rotatable bonds is 6. The second-order valence-corrected chi connectivity index (χ2v) is 8.04. The average Bonchev–Trinajstić information content (AvgIpc) is 3.28. The summed E-state index contributed by atoms with van der Waals surface area (Å²) in [6.45, 7) is 6.24. The van der Waals surface area contributed by atoms with E-state index in [4.69, 9.17) is 26.2 Å². The van der Waals surface area contributed by atoms with Gasteiger partial charge in [-0.1, -0.05) is 24.6 Å². The second-order valence-electron chi connectivity index (χ2n) is 7.60. The van der Waals surface area contributed by atoms with Crippen LogP contribution in [0.25, 0.3) is 16.9 Å². The number of benzene rings is 2. The van der Waals surface area contributed by atoms with Gasteiger partial charge in [0.15, 0.2) is 0 Å². The molecule has 0 bridgehead atoms. The maximum absolute atomic E-state index is 13.5. The molecule has 0 aliphatic carbocycles. The molecule has 2 aromatic carbocycles. The minimum Gasteiger partial charge on any atom is -0.497 e. The molecule has 3 aromatic rings. The van der Waals surface area contributed by atoms with Gasteiger partial charge in [0.1, 0.15) is 17.2 Å².